The van der Waals surface area contributed by atoms with E-state index in [1.54, 1.807) is 7.05 Å². The van der Waals surface area contributed by atoms with Crippen molar-refractivity contribution in [2.45, 2.75) is 6.54 Å². The minimum Gasteiger partial charge on any atom is -0.479 e. The van der Waals surface area contributed by atoms with Gasteiger partial charge in [-0.1, -0.05) is 12.1 Å². The van der Waals surface area contributed by atoms with E-state index in [1.807, 2.05) is 24.3 Å². The monoisotopic (exact) mass is 234 g/mol. The van der Waals surface area contributed by atoms with E-state index >= 15 is 0 Å². The molecule has 0 unspecified atom stereocenters. The molecule has 0 atom stereocenters. The molecule has 3 N–H and O–H groups in total. The van der Waals surface area contributed by atoms with Crippen LogP contribution in [0.15, 0.2) is 28.7 Å². The summed E-state index contributed by atoms with van der Waals surface area (Å²) in [6.45, 7) is 0.185. The van der Waals surface area contributed by atoms with Gasteiger partial charge in [-0.15, -0.1) is 0 Å². The molecule has 0 fully saturated rings. The second kappa shape index (κ2) is 4.88. The predicted octanol–water partition coefficient (Wildman–Crippen LogP) is 1.02. The number of fused-ring (bicyclic) bond motifs is 1. The lowest BCUT2D eigenvalue weighted by Crippen LogP contribution is -2.25. The molecule has 0 spiro atoms. The molecule has 1 aromatic carbocycles. The molecule has 90 valence electrons. The second-order valence-electron chi connectivity index (χ2n) is 3.52. The first-order chi connectivity index (χ1) is 8.26. The third-order valence-electron chi connectivity index (χ3n) is 2.43. The number of nitrogens with two attached hydrogens (primary N) is 1. The SMILES string of the molecule is CNC(=O)COc1c(CN)oc2ccccc12. The molecular formula is C12H14N2O3. The van der Waals surface area contributed by atoms with Crippen molar-refractivity contribution in [2.24, 2.45) is 5.73 Å². The molecule has 1 aromatic heterocycles. The predicted molar refractivity (Wildman–Crippen MR) is 63.7 cm³/mol. The molecule has 1 heterocycles. The molecule has 2 aromatic rings. The zero-order valence-corrected chi connectivity index (χ0v) is 9.53. The highest BCUT2D eigenvalue weighted by atomic mass is 16.5. The molecule has 0 saturated carbocycles. The lowest BCUT2D eigenvalue weighted by Gasteiger charge is -2.04. The molecule has 17 heavy (non-hydrogen) atoms. The summed E-state index contributed by atoms with van der Waals surface area (Å²) < 4.78 is 11.0. The number of hydrogen-bond donors (Lipinski definition) is 2. The number of hydrogen-bond acceptors (Lipinski definition) is 4. The summed E-state index contributed by atoms with van der Waals surface area (Å²) in [5.74, 6) is 0.903. The Hall–Kier alpha value is -2.01. The van der Waals surface area contributed by atoms with Crippen LogP contribution in [0.3, 0.4) is 0 Å². The van der Waals surface area contributed by atoms with Crippen molar-refractivity contribution in [2.75, 3.05) is 13.7 Å². The normalized spacial score (nSPS) is 10.5. The first-order valence-corrected chi connectivity index (χ1v) is 5.30. The van der Waals surface area contributed by atoms with E-state index in [-0.39, 0.29) is 19.1 Å². The van der Waals surface area contributed by atoms with E-state index in [0.29, 0.717) is 17.1 Å². The van der Waals surface area contributed by atoms with Gasteiger partial charge in [-0.2, -0.15) is 0 Å². The zero-order chi connectivity index (χ0) is 12.3. The van der Waals surface area contributed by atoms with Crippen LogP contribution in [0.1, 0.15) is 5.76 Å². The fourth-order valence-corrected chi connectivity index (χ4v) is 1.58. The molecule has 2 rings (SSSR count). The number of nitrogens with one attached hydrogen (secondary N) is 1. The van der Waals surface area contributed by atoms with Crippen LogP contribution in [0.2, 0.25) is 0 Å². The highest BCUT2D eigenvalue weighted by Gasteiger charge is 2.14. The first kappa shape index (κ1) is 11.5. The maximum atomic E-state index is 11.1. The van der Waals surface area contributed by atoms with Crippen LogP contribution in [-0.2, 0) is 11.3 Å². The van der Waals surface area contributed by atoms with Crippen molar-refractivity contribution in [1.82, 2.24) is 5.32 Å². The maximum Gasteiger partial charge on any atom is 0.257 e. The Bertz CT molecular complexity index is 534. The van der Waals surface area contributed by atoms with Gasteiger partial charge < -0.3 is 20.2 Å². The summed E-state index contributed by atoms with van der Waals surface area (Å²) in [6, 6.07) is 7.46. The number of carbonyl (C=O) groups is 1. The largest absolute Gasteiger partial charge is 0.479 e. The molecule has 0 aliphatic heterocycles. The van der Waals surface area contributed by atoms with E-state index in [0.717, 1.165) is 5.39 Å². The van der Waals surface area contributed by atoms with Gasteiger partial charge in [0.05, 0.1) is 11.9 Å². The number of rotatable bonds is 4. The van der Waals surface area contributed by atoms with Gasteiger partial charge in [0.1, 0.15) is 5.58 Å². The van der Waals surface area contributed by atoms with Crippen LogP contribution in [0, 0.1) is 0 Å². The lowest BCUT2D eigenvalue weighted by molar-refractivity contribution is -0.122. The average molecular weight is 234 g/mol. The van der Waals surface area contributed by atoms with Gasteiger partial charge in [0.2, 0.25) is 0 Å². The van der Waals surface area contributed by atoms with Gasteiger partial charge in [-0.25, -0.2) is 0 Å². The number of furan rings is 1. The highest BCUT2D eigenvalue weighted by Crippen LogP contribution is 2.32. The van der Waals surface area contributed by atoms with E-state index in [1.165, 1.54) is 0 Å². The van der Waals surface area contributed by atoms with Crippen molar-refractivity contribution in [3.63, 3.8) is 0 Å². The molecule has 0 aliphatic carbocycles. The zero-order valence-electron chi connectivity index (χ0n) is 9.53. The van der Waals surface area contributed by atoms with E-state index < -0.39 is 0 Å². The van der Waals surface area contributed by atoms with Crippen LogP contribution in [-0.4, -0.2) is 19.6 Å². The number of carbonyl (C=O) groups excluding carboxylic acids is 1. The third kappa shape index (κ3) is 2.24. The molecule has 5 heteroatoms. The van der Waals surface area contributed by atoms with Gasteiger partial charge in [-0.05, 0) is 12.1 Å². The van der Waals surface area contributed by atoms with Gasteiger partial charge in [0.15, 0.2) is 18.1 Å². The Balaban J connectivity index is 2.33. The quantitative estimate of drug-likeness (QED) is 0.827. The van der Waals surface area contributed by atoms with Crippen molar-refractivity contribution in [3.8, 4) is 5.75 Å². The van der Waals surface area contributed by atoms with Gasteiger partial charge >= 0.3 is 0 Å². The molecular weight excluding hydrogens is 220 g/mol. The Kier molecular flexibility index (Phi) is 3.30. The van der Waals surface area contributed by atoms with Crippen LogP contribution >= 0.6 is 0 Å². The smallest absolute Gasteiger partial charge is 0.257 e. The number of para-hydroxylation sites is 1. The lowest BCUT2D eigenvalue weighted by atomic mass is 10.2. The summed E-state index contributed by atoms with van der Waals surface area (Å²) in [7, 11) is 1.56. The number of amides is 1. The Morgan fingerprint density at radius 3 is 2.94 bits per heavy atom. The number of benzene rings is 1. The first-order valence-electron chi connectivity index (χ1n) is 5.30. The van der Waals surface area contributed by atoms with Crippen molar-refractivity contribution < 1.29 is 13.9 Å². The maximum absolute atomic E-state index is 11.1. The van der Waals surface area contributed by atoms with Gasteiger partial charge in [0.25, 0.3) is 5.91 Å². The van der Waals surface area contributed by atoms with Crippen LogP contribution in [0.25, 0.3) is 11.0 Å². The van der Waals surface area contributed by atoms with E-state index in [9.17, 15) is 4.79 Å². The fraction of sp³-hybridized carbons (Fsp3) is 0.250. The summed E-state index contributed by atoms with van der Waals surface area (Å²) in [6.07, 6.45) is 0. The summed E-state index contributed by atoms with van der Waals surface area (Å²) >= 11 is 0. The topological polar surface area (TPSA) is 77.5 Å². The van der Waals surface area contributed by atoms with Crippen molar-refractivity contribution in [1.29, 1.82) is 0 Å². The Morgan fingerprint density at radius 2 is 2.24 bits per heavy atom. The Morgan fingerprint density at radius 1 is 1.47 bits per heavy atom. The van der Waals surface area contributed by atoms with Crippen LogP contribution in [0.5, 0.6) is 5.75 Å². The third-order valence-corrected chi connectivity index (χ3v) is 2.43. The minimum absolute atomic E-state index is 0.0486. The average Bonchev–Trinajstić information content (AvgIpc) is 2.73. The number of ether oxygens (including phenoxy) is 1. The molecule has 1 amide bonds. The van der Waals surface area contributed by atoms with Crippen LogP contribution in [0.4, 0.5) is 0 Å². The summed E-state index contributed by atoms with van der Waals surface area (Å²) in [5, 5.41) is 3.32. The molecule has 0 bridgehead atoms. The molecule has 0 radical (unpaired) electrons. The van der Waals surface area contributed by atoms with Gasteiger partial charge in [0, 0.05) is 7.05 Å². The fourth-order valence-electron chi connectivity index (χ4n) is 1.58. The Labute approximate surface area is 98.5 Å². The van der Waals surface area contributed by atoms with Crippen molar-refractivity contribution in [3.05, 3.63) is 30.0 Å². The minimum atomic E-state index is -0.196. The van der Waals surface area contributed by atoms with Crippen molar-refractivity contribution >= 4 is 16.9 Å². The highest BCUT2D eigenvalue weighted by molar-refractivity contribution is 5.86. The van der Waals surface area contributed by atoms with E-state index in [4.69, 9.17) is 14.9 Å². The molecule has 0 aliphatic rings. The number of likely N-dealkylation sites (N-methyl/N-ethyl adjacent to an activating group) is 1. The molecule has 5 nitrogen and oxygen atoms in total. The second-order valence-corrected chi connectivity index (χ2v) is 3.52. The summed E-state index contributed by atoms with van der Waals surface area (Å²) in [5.41, 5.74) is 6.29. The van der Waals surface area contributed by atoms with Gasteiger partial charge in [-0.3, -0.25) is 4.79 Å². The molecule has 0 saturated heterocycles. The summed E-state index contributed by atoms with van der Waals surface area (Å²) in [4.78, 5) is 11.1. The van der Waals surface area contributed by atoms with Crippen LogP contribution < -0.4 is 15.8 Å². The standard InChI is InChI=1S/C12H14N2O3/c1-14-11(15)7-16-12-8-4-2-3-5-9(8)17-10(12)6-13/h2-5H,6-7,13H2,1H3,(H,14,15). The van der Waals surface area contributed by atoms with E-state index in [2.05, 4.69) is 5.32 Å².